The van der Waals surface area contributed by atoms with Crippen LogP contribution < -0.4 is 14.8 Å². The summed E-state index contributed by atoms with van der Waals surface area (Å²) in [6, 6.07) is 8.77. The number of carbonyl (C=O) groups excluding carboxylic acids is 1. The van der Waals surface area contributed by atoms with E-state index in [0.717, 1.165) is 6.07 Å². The van der Waals surface area contributed by atoms with Crippen molar-refractivity contribution >= 4 is 28.9 Å². The molecule has 0 fully saturated rings. The normalized spacial score (nSPS) is 10.1. The molecule has 0 aliphatic rings. The number of nitro benzene ring substituents is 1. The quantitative estimate of drug-likeness (QED) is 0.630. The molecule has 126 valence electrons. The van der Waals surface area contributed by atoms with Crippen molar-refractivity contribution in [3.63, 3.8) is 0 Å². The molecule has 24 heavy (non-hydrogen) atoms. The third-order valence-corrected chi connectivity index (χ3v) is 3.36. The van der Waals surface area contributed by atoms with E-state index in [1.54, 1.807) is 19.1 Å². The Morgan fingerprint density at radius 1 is 1.25 bits per heavy atom. The van der Waals surface area contributed by atoms with Crippen LogP contribution in [-0.2, 0) is 0 Å². The summed E-state index contributed by atoms with van der Waals surface area (Å²) >= 11 is 5.91. The van der Waals surface area contributed by atoms with E-state index in [9.17, 15) is 14.9 Å². The summed E-state index contributed by atoms with van der Waals surface area (Å²) in [6.07, 6.45) is 0. The largest absolute Gasteiger partial charge is 0.495 e. The molecule has 1 N–H and O–H groups in total. The average molecular weight is 351 g/mol. The summed E-state index contributed by atoms with van der Waals surface area (Å²) in [6.45, 7) is 2.00. The monoisotopic (exact) mass is 350 g/mol. The smallest absolute Gasteiger partial charge is 0.311 e. The van der Waals surface area contributed by atoms with Gasteiger partial charge < -0.3 is 14.8 Å². The number of halogens is 1. The Labute approximate surface area is 143 Å². The minimum Gasteiger partial charge on any atom is -0.495 e. The number of nitrogens with one attached hydrogen (secondary N) is 1. The molecule has 0 saturated heterocycles. The van der Waals surface area contributed by atoms with Gasteiger partial charge in [0.1, 0.15) is 5.75 Å². The standard InChI is InChI=1S/C16H15ClN2O5/c1-3-24-15-6-4-10(8-13(15)19(21)22)16(20)18-12-9-11(17)5-7-14(12)23-2/h4-9H,3H2,1-2H3,(H,18,20). The van der Waals surface area contributed by atoms with Gasteiger partial charge in [-0.3, -0.25) is 14.9 Å². The maximum Gasteiger partial charge on any atom is 0.311 e. The average Bonchev–Trinajstić information content (AvgIpc) is 2.55. The minimum atomic E-state index is -0.595. The van der Waals surface area contributed by atoms with Crippen LogP contribution in [0.3, 0.4) is 0 Å². The van der Waals surface area contributed by atoms with Gasteiger partial charge in [-0.1, -0.05) is 11.6 Å². The van der Waals surface area contributed by atoms with Crippen molar-refractivity contribution in [1.29, 1.82) is 0 Å². The first kappa shape index (κ1) is 17.6. The Bertz CT molecular complexity index is 779. The van der Waals surface area contributed by atoms with E-state index in [1.807, 2.05) is 0 Å². The Morgan fingerprint density at radius 2 is 1.96 bits per heavy atom. The highest BCUT2D eigenvalue weighted by atomic mass is 35.5. The molecule has 0 aliphatic carbocycles. The SMILES string of the molecule is CCOc1ccc(C(=O)Nc2cc(Cl)ccc2OC)cc1[N+](=O)[O-]. The minimum absolute atomic E-state index is 0.111. The van der Waals surface area contributed by atoms with Crippen molar-refractivity contribution < 1.29 is 19.2 Å². The first-order valence-corrected chi connectivity index (χ1v) is 7.40. The Morgan fingerprint density at radius 3 is 2.58 bits per heavy atom. The summed E-state index contributed by atoms with van der Waals surface area (Å²) in [4.78, 5) is 22.9. The third-order valence-electron chi connectivity index (χ3n) is 3.13. The Hall–Kier alpha value is -2.80. The molecule has 1 amide bonds. The van der Waals surface area contributed by atoms with E-state index >= 15 is 0 Å². The van der Waals surface area contributed by atoms with E-state index in [2.05, 4.69) is 5.32 Å². The van der Waals surface area contributed by atoms with E-state index < -0.39 is 10.8 Å². The number of ether oxygens (including phenoxy) is 2. The van der Waals surface area contributed by atoms with Crippen LogP contribution in [-0.4, -0.2) is 24.5 Å². The van der Waals surface area contributed by atoms with Crippen molar-refractivity contribution in [1.82, 2.24) is 0 Å². The number of carbonyl (C=O) groups is 1. The highest BCUT2D eigenvalue weighted by molar-refractivity contribution is 6.31. The molecule has 0 atom stereocenters. The van der Waals surface area contributed by atoms with E-state index in [4.69, 9.17) is 21.1 Å². The van der Waals surface area contributed by atoms with E-state index in [0.29, 0.717) is 16.5 Å². The topological polar surface area (TPSA) is 90.7 Å². The predicted octanol–water partition coefficient (Wildman–Crippen LogP) is 3.91. The second-order valence-corrected chi connectivity index (χ2v) is 5.11. The molecule has 7 nitrogen and oxygen atoms in total. The number of hydrogen-bond acceptors (Lipinski definition) is 5. The molecule has 0 bridgehead atoms. The Balaban J connectivity index is 2.32. The number of nitro groups is 1. The van der Waals surface area contributed by atoms with Gasteiger partial charge in [-0.15, -0.1) is 0 Å². The molecule has 0 aromatic heterocycles. The van der Waals surface area contributed by atoms with Crippen LogP contribution in [0.15, 0.2) is 36.4 Å². The lowest BCUT2D eigenvalue weighted by molar-refractivity contribution is -0.385. The van der Waals surface area contributed by atoms with Gasteiger partial charge in [0.15, 0.2) is 5.75 Å². The summed E-state index contributed by atoms with van der Waals surface area (Å²) in [5.74, 6) is 0.00860. The molecule has 0 unspecified atom stereocenters. The Kier molecular flexibility index (Phi) is 5.59. The molecule has 0 radical (unpaired) electrons. The highest BCUT2D eigenvalue weighted by Gasteiger charge is 2.19. The molecular weight excluding hydrogens is 336 g/mol. The molecule has 2 rings (SSSR count). The van der Waals surface area contributed by atoms with Crippen molar-refractivity contribution in [2.75, 3.05) is 19.0 Å². The number of methoxy groups -OCH3 is 1. The zero-order valence-electron chi connectivity index (χ0n) is 13.0. The first-order valence-electron chi connectivity index (χ1n) is 7.02. The van der Waals surface area contributed by atoms with E-state index in [-0.39, 0.29) is 23.6 Å². The zero-order chi connectivity index (χ0) is 17.7. The number of rotatable bonds is 6. The molecule has 0 aliphatic heterocycles. The van der Waals surface area contributed by atoms with Gasteiger partial charge in [-0.25, -0.2) is 0 Å². The molecule has 0 spiro atoms. The van der Waals surface area contributed by atoms with Crippen LogP contribution in [0.5, 0.6) is 11.5 Å². The lowest BCUT2D eigenvalue weighted by Gasteiger charge is -2.11. The fourth-order valence-electron chi connectivity index (χ4n) is 2.05. The summed E-state index contributed by atoms with van der Waals surface area (Å²) in [7, 11) is 1.46. The molecule has 0 saturated carbocycles. The van der Waals surface area contributed by atoms with Crippen LogP contribution in [0.4, 0.5) is 11.4 Å². The number of benzene rings is 2. The maximum absolute atomic E-state index is 12.4. The zero-order valence-corrected chi connectivity index (χ0v) is 13.8. The predicted molar refractivity (Wildman–Crippen MR) is 90.2 cm³/mol. The second kappa shape index (κ2) is 7.65. The van der Waals surface area contributed by atoms with Crippen molar-refractivity contribution in [2.45, 2.75) is 6.92 Å². The summed E-state index contributed by atoms with van der Waals surface area (Å²) < 4.78 is 10.3. The van der Waals surface area contributed by atoms with Crippen LogP contribution >= 0.6 is 11.6 Å². The molecule has 0 heterocycles. The van der Waals surface area contributed by atoms with Gasteiger partial charge in [0.2, 0.25) is 0 Å². The van der Waals surface area contributed by atoms with Crippen LogP contribution in [0.2, 0.25) is 5.02 Å². The second-order valence-electron chi connectivity index (χ2n) is 4.67. The summed E-state index contributed by atoms with van der Waals surface area (Å²) in [5, 5.41) is 14.2. The van der Waals surface area contributed by atoms with Crippen LogP contribution in [0.1, 0.15) is 17.3 Å². The fourth-order valence-corrected chi connectivity index (χ4v) is 2.22. The van der Waals surface area contributed by atoms with Gasteiger partial charge in [0.05, 0.1) is 24.3 Å². The fraction of sp³-hybridized carbons (Fsp3) is 0.188. The number of nitrogens with zero attached hydrogens (tertiary/aromatic N) is 1. The molecule has 2 aromatic rings. The third kappa shape index (κ3) is 3.94. The van der Waals surface area contributed by atoms with Crippen molar-refractivity contribution in [3.8, 4) is 11.5 Å². The summed E-state index contributed by atoms with van der Waals surface area (Å²) in [5.41, 5.74) is 0.210. The first-order chi connectivity index (χ1) is 11.5. The van der Waals surface area contributed by atoms with Gasteiger partial charge in [-0.05, 0) is 37.3 Å². The van der Waals surface area contributed by atoms with Gasteiger partial charge in [0.25, 0.3) is 5.91 Å². The van der Waals surface area contributed by atoms with Gasteiger partial charge >= 0.3 is 5.69 Å². The number of hydrogen-bond donors (Lipinski definition) is 1. The van der Waals surface area contributed by atoms with E-state index in [1.165, 1.54) is 25.3 Å². The van der Waals surface area contributed by atoms with Crippen molar-refractivity contribution in [3.05, 3.63) is 57.1 Å². The molecule has 8 heteroatoms. The number of anilines is 1. The maximum atomic E-state index is 12.4. The number of amides is 1. The van der Waals surface area contributed by atoms with Crippen LogP contribution in [0.25, 0.3) is 0 Å². The lowest BCUT2D eigenvalue weighted by atomic mass is 10.1. The lowest BCUT2D eigenvalue weighted by Crippen LogP contribution is -2.13. The molecular formula is C16H15ClN2O5. The van der Waals surface area contributed by atoms with Gasteiger partial charge in [-0.2, -0.15) is 0 Å². The van der Waals surface area contributed by atoms with Crippen LogP contribution in [0, 0.1) is 10.1 Å². The molecule has 2 aromatic carbocycles. The highest BCUT2D eigenvalue weighted by Crippen LogP contribution is 2.30. The van der Waals surface area contributed by atoms with Crippen molar-refractivity contribution in [2.24, 2.45) is 0 Å². The van der Waals surface area contributed by atoms with Gasteiger partial charge in [0, 0.05) is 16.7 Å².